The summed E-state index contributed by atoms with van der Waals surface area (Å²) in [4.78, 5) is 0.135. The monoisotopic (exact) mass is 272 g/mol. The van der Waals surface area contributed by atoms with E-state index in [2.05, 4.69) is 0 Å². The molecule has 0 saturated carbocycles. The zero-order valence-corrected chi connectivity index (χ0v) is 12.0. The van der Waals surface area contributed by atoms with Gasteiger partial charge in [-0.15, -0.1) is 0 Å². The Bertz CT molecular complexity index is 483. The molecule has 0 saturated heterocycles. The summed E-state index contributed by atoms with van der Waals surface area (Å²) in [6.45, 7) is 6.83. The predicted molar refractivity (Wildman–Crippen MR) is 69.8 cm³/mol. The van der Waals surface area contributed by atoms with Gasteiger partial charge in [0.2, 0.25) is 0 Å². The second kappa shape index (κ2) is 5.38. The van der Waals surface area contributed by atoms with Crippen LogP contribution in [0, 0.1) is 12.8 Å². The Hall–Kier alpha value is -0.910. The Morgan fingerprint density at radius 3 is 2.22 bits per heavy atom. The van der Waals surface area contributed by atoms with Gasteiger partial charge >= 0.3 is 0 Å². The Morgan fingerprint density at radius 1 is 1.28 bits per heavy atom. The van der Waals surface area contributed by atoms with Gasteiger partial charge in [-0.1, -0.05) is 24.6 Å². The van der Waals surface area contributed by atoms with Crippen LogP contribution in [-0.4, -0.2) is 25.7 Å². The van der Waals surface area contributed by atoms with E-state index in [1.807, 2.05) is 6.92 Å². The second-order valence-electron chi connectivity index (χ2n) is 5.11. The smallest absolute Gasteiger partial charge is 0.296 e. The molecule has 1 aromatic rings. The summed E-state index contributed by atoms with van der Waals surface area (Å²) in [5.74, 6) is -0.280. The van der Waals surface area contributed by atoms with Gasteiger partial charge in [0.15, 0.2) is 0 Å². The van der Waals surface area contributed by atoms with Gasteiger partial charge in [0.25, 0.3) is 10.1 Å². The second-order valence-corrected chi connectivity index (χ2v) is 6.72. The Labute approximate surface area is 109 Å². The van der Waals surface area contributed by atoms with Crippen LogP contribution in [0.3, 0.4) is 0 Å². The number of hydrogen-bond acceptors (Lipinski definition) is 4. The standard InChI is InChI=1S/C13H20O4S/c1-10-5-7-12(8-6-10)18(15,16)17-9-11(2)13(3,4)14/h5-8,11,14H,9H2,1-4H3/t11-/m1/s1. The van der Waals surface area contributed by atoms with E-state index in [4.69, 9.17) is 4.18 Å². The summed E-state index contributed by atoms with van der Waals surface area (Å²) in [6, 6.07) is 6.46. The lowest BCUT2D eigenvalue weighted by atomic mass is 9.94. The first-order valence-electron chi connectivity index (χ1n) is 5.81. The lowest BCUT2D eigenvalue weighted by molar-refractivity contribution is 0.00614. The molecule has 0 aliphatic heterocycles. The van der Waals surface area contributed by atoms with Crippen LogP contribution in [-0.2, 0) is 14.3 Å². The summed E-state index contributed by atoms with van der Waals surface area (Å²) >= 11 is 0. The number of aryl methyl sites for hydroxylation is 1. The third kappa shape index (κ3) is 4.08. The van der Waals surface area contributed by atoms with Crippen molar-refractivity contribution < 1.29 is 17.7 Å². The maximum Gasteiger partial charge on any atom is 0.296 e. The average Bonchev–Trinajstić information content (AvgIpc) is 2.25. The maximum atomic E-state index is 11.9. The van der Waals surface area contributed by atoms with Crippen LogP contribution in [0.25, 0.3) is 0 Å². The molecule has 0 fully saturated rings. The van der Waals surface area contributed by atoms with Gasteiger partial charge < -0.3 is 5.11 Å². The molecule has 102 valence electrons. The van der Waals surface area contributed by atoms with E-state index in [0.29, 0.717) is 0 Å². The highest BCUT2D eigenvalue weighted by Crippen LogP contribution is 2.19. The van der Waals surface area contributed by atoms with Gasteiger partial charge in [0, 0.05) is 5.92 Å². The van der Waals surface area contributed by atoms with Crippen LogP contribution in [0.4, 0.5) is 0 Å². The summed E-state index contributed by atoms with van der Waals surface area (Å²) < 4.78 is 28.7. The Balaban J connectivity index is 2.75. The van der Waals surface area contributed by atoms with E-state index in [9.17, 15) is 13.5 Å². The fourth-order valence-electron chi connectivity index (χ4n) is 1.17. The summed E-state index contributed by atoms with van der Waals surface area (Å²) in [6.07, 6.45) is 0. The van der Waals surface area contributed by atoms with E-state index in [0.717, 1.165) is 5.56 Å². The first kappa shape index (κ1) is 15.1. The summed E-state index contributed by atoms with van der Waals surface area (Å²) in [7, 11) is -3.74. The minimum absolute atomic E-state index is 0.0420. The van der Waals surface area contributed by atoms with E-state index < -0.39 is 15.7 Å². The van der Waals surface area contributed by atoms with Crippen molar-refractivity contribution in [3.63, 3.8) is 0 Å². The molecule has 1 aromatic carbocycles. The van der Waals surface area contributed by atoms with Crippen LogP contribution >= 0.6 is 0 Å². The predicted octanol–water partition coefficient (Wildman–Crippen LogP) is 2.11. The number of rotatable bonds is 5. The van der Waals surface area contributed by atoms with Crippen LogP contribution < -0.4 is 0 Å². The van der Waals surface area contributed by atoms with Crippen molar-refractivity contribution in [2.45, 2.75) is 38.2 Å². The molecule has 4 nitrogen and oxygen atoms in total. The van der Waals surface area contributed by atoms with Crippen molar-refractivity contribution in [3.8, 4) is 0 Å². The molecule has 0 radical (unpaired) electrons. The molecule has 0 aromatic heterocycles. The van der Waals surface area contributed by atoms with Crippen LogP contribution in [0.1, 0.15) is 26.3 Å². The van der Waals surface area contributed by atoms with Crippen molar-refractivity contribution in [2.75, 3.05) is 6.61 Å². The van der Waals surface area contributed by atoms with E-state index in [-0.39, 0.29) is 17.4 Å². The Morgan fingerprint density at radius 2 is 1.78 bits per heavy atom. The molecule has 5 heteroatoms. The third-order valence-corrected chi connectivity index (χ3v) is 4.28. The van der Waals surface area contributed by atoms with Crippen LogP contribution in [0.15, 0.2) is 29.2 Å². The largest absolute Gasteiger partial charge is 0.390 e. The lowest BCUT2D eigenvalue weighted by Gasteiger charge is -2.25. The molecule has 1 N–H and O–H groups in total. The quantitative estimate of drug-likeness (QED) is 0.834. The molecule has 0 aliphatic carbocycles. The molecule has 1 atom stereocenters. The average molecular weight is 272 g/mol. The molecular weight excluding hydrogens is 252 g/mol. The summed E-state index contributed by atoms with van der Waals surface area (Å²) in [5.41, 5.74) is 0.0156. The molecule has 0 unspecified atom stereocenters. The highest BCUT2D eigenvalue weighted by Gasteiger charge is 2.25. The topological polar surface area (TPSA) is 63.6 Å². The maximum absolute atomic E-state index is 11.9. The first-order chi connectivity index (χ1) is 8.13. The lowest BCUT2D eigenvalue weighted by Crippen LogP contribution is -2.32. The molecule has 0 heterocycles. The van der Waals surface area contributed by atoms with Crippen LogP contribution in [0.5, 0.6) is 0 Å². The normalized spacial score (nSPS) is 14.5. The van der Waals surface area contributed by atoms with Gasteiger partial charge in [0.05, 0.1) is 17.1 Å². The third-order valence-electron chi connectivity index (χ3n) is 2.99. The van der Waals surface area contributed by atoms with Crippen molar-refractivity contribution in [3.05, 3.63) is 29.8 Å². The van der Waals surface area contributed by atoms with Crippen LogP contribution in [0.2, 0.25) is 0 Å². The number of hydrogen-bond donors (Lipinski definition) is 1. The van der Waals surface area contributed by atoms with Gasteiger partial charge in [-0.3, -0.25) is 4.18 Å². The molecule has 0 bridgehead atoms. The highest BCUT2D eigenvalue weighted by molar-refractivity contribution is 7.86. The Kier molecular flexibility index (Phi) is 4.53. The minimum Gasteiger partial charge on any atom is -0.390 e. The highest BCUT2D eigenvalue weighted by atomic mass is 32.2. The van der Waals surface area contributed by atoms with E-state index >= 15 is 0 Å². The summed E-state index contributed by atoms with van der Waals surface area (Å²) in [5, 5.41) is 9.72. The fourth-order valence-corrected chi connectivity index (χ4v) is 2.16. The van der Waals surface area contributed by atoms with Gasteiger partial charge in [-0.2, -0.15) is 8.42 Å². The molecular formula is C13H20O4S. The molecule has 0 spiro atoms. The zero-order valence-electron chi connectivity index (χ0n) is 11.2. The molecule has 0 aliphatic rings. The van der Waals surface area contributed by atoms with Crippen molar-refractivity contribution in [1.29, 1.82) is 0 Å². The molecule has 0 amide bonds. The minimum atomic E-state index is -3.74. The van der Waals surface area contributed by atoms with Gasteiger partial charge in [0.1, 0.15) is 0 Å². The van der Waals surface area contributed by atoms with Crippen molar-refractivity contribution >= 4 is 10.1 Å². The van der Waals surface area contributed by atoms with Gasteiger partial charge in [-0.05, 0) is 32.9 Å². The fraction of sp³-hybridized carbons (Fsp3) is 0.538. The first-order valence-corrected chi connectivity index (χ1v) is 7.22. The number of aliphatic hydroxyl groups is 1. The molecule has 1 rings (SSSR count). The zero-order chi connectivity index (χ0) is 14.0. The van der Waals surface area contributed by atoms with Crippen molar-refractivity contribution in [1.82, 2.24) is 0 Å². The molecule has 18 heavy (non-hydrogen) atoms. The SMILES string of the molecule is Cc1ccc(S(=O)(=O)OC[C@@H](C)C(C)(C)O)cc1. The van der Waals surface area contributed by atoms with Gasteiger partial charge in [-0.25, -0.2) is 0 Å². The van der Waals surface area contributed by atoms with E-state index in [1.54, 1.807) is 32.9 Å². The van der Waals surface area contributed by atoms with Crippen molar-refractivity contribution in [2.24, 2.45) is 5.92 Å². The number of benzene rings is 1. The van der Waals surface area contributed by atoms with E-state index in [1.165, 1.54) is 12.1 Å².